The standard InChI is InChI=1S/C11H21NO/c1-13-11(7-4-8-11)10(12)9-5-2-3-6-9/h9-10H,2-8,12H2,1H3. The molecule has 2 heteroatoms. The minimum Gasteiger partial charge on any atom is -0.377 e. The molecule has 2 aliphatic rings. The van der Waals surface area contributed by atoms with E-state index in [1.807, 2.05) is 7.11 Å². The first-order valence-electron chi connectivity index (χ1n) is 5.59. The van der Waals surface area contributed by atoms with Crippen LogP contribution >= 0.6 is 0 Å². The Hall–Kier alpha value is -0.0800. The highest BCUT2D eigenvalue weighted by molar-refractivity contribution is 5.01. The molecule has 0 saturated heterocycles. The highest BCUT2D eigenvalue weighted by Crippen LogP contribution is 2.43. The molecular formula is C11H21NO. The number of hydrogen-bond donors (Lipinski definition) is 1. The Morgan fingerprint density at radius 2 is 1.85 bits per heavy atom. The number of ether oxygens (including phenoxy) is 1. The van der Waals surface area contributed by atoms with Crippen LogP contribution in [0, 0.1) is 5.92 Å². The van der Waals surface area contributed by atoms with Crippen molar-refractivity contribution >= 4 is 0 Å². The second-order valence-corrected chi connectivity index (χ2v) is 4.69. The van der Waals surface area contributed by atoms with E-state index in [1.165, 1.54) is 44.9 Å². The van der Waals surface area contributed by atoms with E-state index in [1.54, 1.807) is 0 Å². The summed E-state index contributed by atoms with van der Waals surface area (Å²) >= 11 is 0. The second kappa shape index (κ2) is 3.58. The maximum Gasteiger partial charge on any atom is 0.0831 e. The van der Waals surface area contributed by atoms with Crippen LogP contribution in [0.4, 0.5) is 0 Å². The molecule has 13 heavy (non-hydrogen) atoms. The van der Waals surface area contributed by atoms with Gasteiger partial charge in [0.2, 0.25) is 0 Å². The van der Waals surface area contributed by atoms with Gasteiger partial charge in [-0.2, -0.15) is 0 Å². The van der Waals surface area contributed by atoms with Gasteiger partial charge < -0.3 is 10.5 Å². The highest BCUT2D eigenvalue weighted by atomic mass is 16.5. The first-order valence-corrected chi connectivity index (χ1v) is 5.59. The average Bonchev–Trinajstić information content (AvgIpc) is 2.54. The van der Waals surface area contributed by atoms with Gasteiger partial charge in [-0.3, -0.25) is 0 Å². The van der Waals surface area contributed by atoms with E-state index in [9.17, 15) is 0 Å². The zero-order chi connectivity index (χ0) is 9.31. The van der Waals surface area contributed by atoms with Crippen molar-refractivity contribution in [3.63, 3.8) is 0 Å². The van der Waals surface area contributed by atoms with Crippen LogP contribution in [0.15, 0.2) is 0 Å². The van der Waals surface area contributed by atoms with E-state index in [0.29, 0.717) is 6.04 Å². The first-order chi connectivity index (χ1) is 6.28. The molecule has 1 atom stereocenters. The van der Waals surface area contributed by atoms with E-state index >= 15 is 0 Å². The normalized spacial score (nSPS) is 30.0. The van der Waals surface area contributed by atoms with Gasteiger partial charge in [0.15, 0.2) is 0 Å². The Bertz CT molecular complexity index is 165. The zero-order valence-corrected chi connectivity index (χ0v) is 8.59. The van der Waals surface area contributed by atoms with Gasteiger partial charge in [0.25, 0.3) is 0 Å². The van der Waals surface area contributed by atoms with Gasteiger partial charge in [0.05, 0.1) is 5.60 Å². The van der Waals surface area contributed by atoms with Crippen molar-refractivity contribution < 1.29 is 4.74 Å². The molecular weight excluding hydrogens is 162 g/mol. The second-order valence-electron chi connectivity index (χ2n) is 4.69. The molecule has 0 spiro atoms. The van der Waals surface area contributed by atoms with E-state index in [4.69, 9.17) is 10.5 Å². The summed E-state index contributed by atoms with van der Waals surface area (Å²) in [5, 5.41) is 0. The van der Waals surface area contributed by atoms with Gasteiger partial charge in [-0.05, 0) is 38.0 Å². The average molecular weight is 183 g/mol. The van der Waals surface area contributed by atoms with Crippen LogP contribution in [0.2, 0.25) is 0 Å². The molecule has 0 aromatic heterocycles. The summed E-state index contributed by atoms with van der Waals surface area (Å²) in [4.78, 5) is 0. The lowest BCUT2D eigenvalue weighted by atomic mass is 9.70. The first kappa shape index (κ1) is 9.47. The SMILES string of the molecule is COC1(C(N)C2CCCC2)CCC1. The van der Waals surface area contributed by atoms with Crippen molar-refractivity contribution in [2.24, 2.45) is 11.7 Å². The van der Waals surface area contributed by atoms with Crippen LogP contribution in [0.1, 0.15) is 44.9 Å². The summed E-state index contributed by atoms with van der Waals surface area (Å²) in [7, 11) is 1.83. The Balaban J connectivity index is 1.97. The highest BCUT2D eigenvalue weighted by Gasteiger charge is 2.46. The Labute approximate surface area is 80.8 Å². The molecule has 0 amide bonds. The van der Waals surface area contributed by atoms with Gasteiger partial charge >= 0.3 is 0 Å². The maximum absolute atomic E-state index is 6.30. The van der Waals surface area contributed by atoms with Gasteiger partial charge in [-0.1, -0.05) is 12.8 Å². The molecule has 76 valence electrons. The lowest BCUT2D eigenvalue weighted by Gasteiger charge is -2.47. The third-order valence-corrected chi connectivity index (χ3v) is 4.12. The summed E-state index contributed by atoms with van der Waals surface area (Å²) in [6.07, 6.45) is 9.06. The summed E-state index contributed by atoms with van der Waals surface area (Å²) in [6.45, 7) is 0. The number of methoxy groups -OCH3 is 1. The third-order valence-electron chi connectivity index (χ3n) is 4.12. The van der Waals surface area contributed by atoms with Crippen LogP contribution in [-0.2, 0) is 4.74 Å². The minimum atomic E-state index is 0.0645. The molecule has 2 nitrogen and oxygen atoms in total. The van der Waals surface area contributed by atoms with Crippen LogP contribution in [0.5, 0.6) is 0 Å². The Morgan fingerprint density at radius 1 is 1.23 bits per heavy atom. The summed E-state index contributed by atoms with van der Waals surface area (Å²) in [5.41, 5.74) is 6.37. The molecule has 1 unspecified atom stereocenters. The summed E-state index contributed by atoms with van der Waals surface area (Å²) < 4.78 is 5.62. The molecule has 2 N–H and O–H groups in total. The van der Waals surface area contributed by atoms with E-state index in [-0.39, 0.29) is 5.60 Å². The van der Waals surface area contributed by atoms with Crippen molar-refractivity contribution in [3.8, 4) is 0 Å². The maximum atomic E-state index is 6.30. The van der Waals surface area contributed by atoms with Crippen LogP contribution in [0.25, 0.3) is 0 Å². The lowest BCUT2D eigenvalue weighted by Crippen LogP contribution is -2.57. The quantitative estimate of drug-likeness (QED) is 0.727. The minimum absolute atomic E-state index is 0.0645. The molecule has 0 aromatic rings. The van der Waals surface area contributed by atoms with E-state index in [2.05, 4.69) is 0 Å². The fourth-order valence-electron chi connectivity index (χ4n) is 2.94. The van der Waals surface area contributed by atoms with Crippen molar-refractivity contribution in [3.05, 3.63) is 0 Å². The topological polar surface area (TPSA) is 35.2 Å². The molecule has 2 aliphatic carbocycles. The lowest BCUT2D eigenvalue weighted by molar-refractivity contribution is -0.101. The molecule has 0 aromatic carbocycles. The van der Waals surface area contributed by atoms with Crippen LogP contribution in [0.3, 0.4) is 0 Å². The fourth-order valence-corrected chi connectivity index (χ4v) is 2.94. The predicted octanol–water partition coefficient (Wildman–Crippen LogP) is 2.07. The van der Waals surface area contributed by atoms with Gasteiger partial charge in [0, 0.05) is 13.2 Å². The molecule has 0 heterocycles. The summed E-state index contributed by atoms with van der Waals surface area (Å²) in [5.74, 6) is 0.736. The molecule has 0 radical (unpaired) electrons. The molecule has 2 saturated carbocycles. The van der Waals surface area contributed by atoms with Crippen molar-refractivity contribution in [2.45, 2.75) is 56.6 Å². The number of hydrogen-bond acceptors (Lipinski definition) is 2. The van der Waals surface area contributed by atoms with Gasteiger partial charge in [0.1, 0.15) is 0 Å². The van der Waals surface area contributed by atoms with Crippen LogP contribution < -0.4 is 5.73 Å². The monoisotopic (exact) mass is 183 g/mol. The number of nitrogens with two attached hydrogens (primary N) is 1. The van der Waals surface area contributed by atoms with Crippen LogP contribution in [-0.4, -0.2) is 18.8 Å². The van der Waals surface area contributed by atoms with Crippen molar-refractivity contribution in [1.29, 1.82) is 0 Å². The molecule has 2 rings (SSSR count). The zero-order valence-electron chi connectivity index (χ0n) is 8.59. The number of rotatable bonds is 3. The van der Waals surface area contributed by atoms with Crippen molar-refractivity contribution in [2.75, 3.05) is 7.11 Å². The van der Waals surface area contributed by atoms with Crippen molar-refractivity contribution in [1.82, 2.24) is 0 Å². The van der Waals surface area contributed by atoms with E-state index in [0.717, 1.165) is 5.92 Å². The van der Waals surface area contributed by atoms with Gasteiger partial charge in [-0.15, -0.1) is 0 Å². The van der Waals surface area contributed by atoms with Gasteiger partial charge in [-0.25, -0.2) is 0 Å². The predicted molar refractivity (Wildman–Crippen MR) is 53.5 cm³/mol. The van der Waals surface area contributed by atoms with E-state index < -0.39 is 0 Å². The Morgan fingerprint density at radius 3 is 2.23 bits per heavy atom. The molecule has 0 bridgehead atoms. The Kier molecular flexibility index (Phi) is 2.61. The third kappa shape index (κ3) is 1.50. The molecule has 2 fully saturated rings. The molecule has 0 aliphatic heterocycles. The fraction of sp³-hybridized carbons (Fsp3) is 1.00. The smallest absolute Gasteiger partial charge is 0.0831 e. The largest absolute Gasteiger partial charge is 0.377 e. The summed E-state index contributed by atoms with van der Waals surface area (Å²) in [6, 6.07) is 0.300.